The molecule has 0 N–H and O–H groups in total. The number of methoxy groups -OCH3 is 1. The maximum absolute atomic E-state index is 5.20. The lowest BCUT2D eigenvalue weighted by atomic mass is 10.1. The van der Waals surface area contributed by atoms with Crippen molar-refractivity contribution >= 4 is 11.2 Å². The van der Waals surface area contributed by atoms with Crippen LogP contribution in [0, 0.1) is 0 Å². The Hall–Kier alpha value is -3.21. The zero-order valence-corrected chi connectivity index (χ0v) is 12.5. The zero-order valence-electron chi connectivity index (χ0n) is 12.5. The van der Waals surface area contributed by atoms with E-state index in [0.717, 1.165) is 33.9 Å². The Labute approximate surface area is 133 Å². The summed E-state index contributed by atoms with van der Waals surface area (Å²) in [6.45, 7) is 0. The molecule has 0 radical (unpaired) electrons. The highest BCUT2D eigenvalue weighted by atomic mass is 16.5. The van der Waals surface area contributed by atoms with E-state index >= 15 is 0 Å². The smallest absolute Gasteiger partial charge is 0.168 e. The predicted molar refractivity (Wildman–Crippen MR) is 88.6 cm³/mol. The first-order valence-electron chi connectivity index (χ1n) is 7.25. The summed E-state index contributed by atoms with van der Waals surface area (Å²) in [5.74, 6) is 0.817. The molecule has 0 amide bonds. The van der Waals surface area contributed by atoms with Crippen molar-refractivity contribution in [2.75, 3.05) is 7.11 Å². The van der Waals surface area contributed by atoms with Crippen LogP contribution in [0.15, 0.2) is 67.3 Å². The fourth-order valence-corrected chi connectivity index (χ4v) is 2.57. The summed E-state index contributed by atoms with van der Waals surface area (Å²) in [5.41, 5.74) is 4.41. The molecule has 2 aromatic heterocycles. The van der Waals surface area contributed by atoms with Gasteiger partial charge in [0.15, 0.2) is 5.65 Å². The Balaban J connectivity index is 1.87. The van der Waals surface area contributed by atoms with E-state index in [0.29, 0.717) is 0 Å². The van der Waals surface area contributed by atoms with Gasteiger partial charge in [-0.05, 0) is 24.3 Å². The second kappa shape index (κ2) is 5.53. The molecule has 23 heavy (non-hydrogen) atoms. The lowest BCUT2D eigenvalue weighted by molar-refractivity contribution is 0.415. The largest absolute Gasteiger partial charge is 0.497 e. The molecule has 2 heterocycles. The third kappa shape index (κ3) is 2.32. The van der Waals surface area contributed by atoms with Gasteiger partial charge < -0.3 is 4.74 Å². The van der Waals surface area contributed by atoms with Crippen LogP contribution in [-0.2, 0) is 0 Å². The molecule has 0 aliphatic carbocycles. The van der Waals surface area contributed by atoms with Crippen molar-refractivity contribution in [2.24, 2.45) is 0 Å². The standard InChI is InChI=1S/C18H14N4O/c1-23-15-9-7-14(8-10-15)22-12-21-17-16(19-11-20-18(17)22)13-5-3-2-4-6-13/h2-12H,1H3. The summed E-state index contributed by atoms with van der Waals surface area (Å²) in [6, 6.07) is 17.8. The summed E-state index contributed by atoms with van der Waals surface area (Å²) in [6.07, 6.45) is 3.35. The van der Waals surface area contributed by atoms with Gasteiger partial charge in [0.2, 0.25) is 0 Å². The Bertz CT molecular complexity index is 946. The predicted octanol–water partition coefficient (Wildman–Crippen LogP) is 3.49. The molecule has 0 unspecified atom stereocenters. The average molecular weight is 302 g/mol. The first-order valence-corrected chi connectivity index (χ1v) is 7.25. The number of hydrogen-bond donors (Lipinski definition) is 0. The molecule has 0 saturated carbocycles. The third-order valence-corrected chi connectivity index (χ3v) is 3.73. The van der Waals surface area contributed by atoms with Gasteiger partial charge in [-0.3, -0.25) is 4.57 Å². The van der Waals surface area contributed by atoms with Gasteiger partial charge in [0, 0.05) is 11.3 Å². The number of rotatable bonds is 3. The van der Waals surface area contributed by atoms with Crippen LogP contribution in [0.2, 0.25) is 0 Å². The Kier molecular flexibility index (Phi) is 3.24. The SMILES string of the molecule is COc1ccc(-n2cnc3c(-c4ccccc4)ncnc32)cc1. The van der Waals surface area contributed by atoms with E-state index in [-0.39, 0.29) is 0 Å². The van der Waals surface area contributed by atoms with Crippen LogP contribution < -0.4 is 4.74 Å². The third-order valence-electron chi connectivity index (χ3n) is 3.73. The molecular formula is C18H14N4O. The summed E-state index contributed by atoms with van der Waals surface area (Å²) in [7, 11) is 1.65. The number of nitrogens with zero attached hydrogens (tertiary/aromatic N) is 4. The van der Waals surface area contributed by atoms with Gasteiger partial charge in [-0.1, -0.05) is 30.3 Å². The summed E-state index contributed by atoms with van der Waals surface area (Å²) < 4.78 is 7.15. The summed E-state index contributed by atoms with van der Waals surface area (Å²) >= 11 is 0. The molecule has 0 aliphatic heterocycles. The molecule has 2 aromatic carbocycles. The molecule has 0 atom stereocenters. The number of fused-ring (bicyclic) bond motifs is 1. The van der Waals surface area contributed by atoms with Crippen LogP contribution in [0.3, 0.4) is 0 Å². The maximum Gasteiger partial charge on any atom is 0.168 e. The van der Waals surface area contributed by atoms with Crippen molar-refractivity contribution in [1.82, 2.24) is 19.5 Å². The van der Waals surface area contributed by atoms with Gasteiger partial charge in [-0.15, -0.1) is 0 Å². The van der Waals surface area contributed by atoms with Crippen LogP contribution in [0.1, 0.15) is 0 Å². The average Bonchev–Trinajstić information content (AvgIpc) is 3.06. The fourth-order valence-electron chi connectivity index (χ4n) is 2.57. The first kappa shape index (κ1) is 13.5. The minimum atomic E-state index is 0.781. The lowest BCUT2D eigenvalue weighted by Gasteiger charge is -2.06. The normalized spacial score (nSPS) is 10.8. The molecule has 112 valence electrons. The number of hydrogen-bond acceptors (Lipinski definition) is 4. The first-order chi connectivity index (χ1) is 11.4. The number of ether oxygens (including phenoxy) is 1. The molecule has 0 fully saturated rings. The lowest BCUT2D eigenvalue weighted by Crippen LogP contribution is -1.95. The highest BCUT2D eigenvalue weighted by Crippen LogP contribution is 2.26. The minimum absolute atomic E-state index is 0.781. The van der Waals surface area contributed by atoms with E-state index in [9.17, 15) is 0 Å². The molecule has 0 aliphatic rings. The minimum Gasteiger partial charge on any atom is -0.497 e. The zero-order chi connectivity index (χ0) is 15.6. The Morgan fingerprint density at radius 2 is 1.65 bits per heavy atom. The van der Waals surface area contributed by atoms with Gasteiger partial charge in [0.05, 0.1) is 7.11 Å². The molecule has 0 saturated heterocycles. The molecule has 0 spiro atoms. The summed E-state index contributed by atoms with van der Waals surface area (Å²) in [5, 5.41) is 0. The fraction of sp³-hybridized carbons (Fsp3) is 0.0556. The Morgan fingerprint density at radius 3 is 2.39 bits per heavy atom. The van der Waals surface area contributed by atoms with Gasteiger partial charge >= 0.3 is 0 Å². The van der Waals surface area contributed by atoms with Gasteiger partial charge in [-0.2, -0.15) is 0 Å². The second-order valence-electron chi connectivity index (χ2n) is 5.07. The van der Waals surface area contributed by atoms with Gasteiger partial charge in [-0.25, -0.2) is 15.0 Å². The molecule has 4 rings (SSSR count). The van der Waals surface area contributed by atoms with Crippen LogP contribution in [0.4, 0.5) is 0 Å². The monoisotopic (exact) mass is 302 g/mol. The van der Waals surface area contributed by atoms with Gasteiger partial charge in [0.25, 0.3) is 0 Å². The van der Waals surface area contributed by atoms with Crippen LogP contribution in [0.5, 0.6) is 5.75 Å². The second-order valence-corrected chi connectivity index (χ2v) is 5.07. The van der Waals surface area contributed by atoms with Crippen molar-refractivity contribution < 1.29 is 4.74 Å². The van der Waals surface area contributed by atoms with Crippen molar-refractivity contribution in [2.45, 2.75) is 0 Å². The molecule has 5 heteroatoms. The van der Waals surface area contributed by atoms with Crippen LogP contribution in [0.25, 0.3) is 28.1 Å². The number of aromatic nitrogens is 4. The maximum atomic E-state index is 5.20. The molecule has 4 aromatic rings. The van der Waals surface area contributed by atoms with Crippen molar-refractivity contribution in [3.8, 4) is 22.7 Å². The summed E-state index contributed by atoms with van der Waals surface area (Å²) in [4.78, 5) is 13.3. The van der Waals surface area contributed by atoms with Crippen LogP contribution in [-0.4, -0.2) is 26.6 Å². The number of imidazole rings is 1. The number of benzene rings is 2. The van der Waals surface area contributed by atoms with E-state index in [1.807, 2.05) is 59.2 Å². The topological polar surface area (TPSA) is 52.8 Å². The van der Waals surface area contributed by atoms with Crippen molar-refractivity contribution in [3.63, 3.8) is 0 Å². The van der Waals surface area contributed by atoms with E-state index in [1.165, 1.54) is 0 Å². The van der Waals surface area contributed by atoms with E-state index < -0.39 is 0 Å². The Morgan fingerprint density at radius 1 is 0.870 bits per heavy atom. The molecule has 5 nitrogen and oxygen atoms in total. The quantitative estimate of drug-likeness (QED) is 0.581. The highest BCUT2D eigenvalue weighted by molar-refractivity contribution is 5.87. The molecule has 0 bridgehead atoms. The van der Waals surface area contributed by atoms with Crippen molar-refractivity contribution in [3.05, 3.63) is 67.3 Å². The van der Waals surface area contributed by atoms with E-state index in [1.54, 1.807) is 19.8 Å². The highest BCUT2D eigenvalue weighted by Gasteiger charge is 2.12. The van der Waals surface area contributed by atoms with Crippen molar-refractivity contribution in [1.29, 1.82) is 0 Å². The van der Waals surface area contributed by atoms with Gasteiger partial charge in [0.1, 0.15) is 29.6 Å². The molecular weight excluding hydrogens is 288 g/mol. The van der Waals surface area contributed by atoms with E-state index in [2.05, 4.69) is 15.0 Å². The van der Waals surface area contributed by atoms with Crippen LogP contribution >= 0.6 is 0 Å². The van der Waals surface area contributed by atoms with E-state index in [4.69, 9.17) is 4.74 Å².